The summed E-state index contributed by atoms with van der Waals surface area (Å²) in [7, 11) is 0. The van der Waals surface area contributed by atoms with E-state index in [0.717, 1.165) is 45.6 Å². The van der Waals surface area contributed by atoms with Crippen LogP contribution in [-0.2, 0) is 11.2 Å². The highest BCUT2D eigenvalue weighted by Gasteiger charge is 2.32. The van der Waals surface area contributed by atoms with Crippen molar-refractivity contribution >= 4 is 11.3 Å². The van der Waals surface area contributed by atoms with Crippen LogP contribution in [0.15, 0.2) is 10.9 Å². The molecule has 0 saturated carbocycles. The molecule has 4 heteroatoms. The van der Waals surface area contributed by atoms with Crippen LogP contribution in [0.5, 0.6) is 0 Å². The molecule has 17 heavy (non-hydrogen) atoms. The fraction of sp³-hybridized carbons (Fsp3) is 0.769. The van der Waals surface area contributed by atoms with Gasteiger partial charge in [0.15, 0.2) is 0 Å². The molecule has 0 atom stereocenters. The molecule has 0 amide bonds. The van der Waals surface area contributed by atoms with E-state index in [1.165, 1.54) is 12.1 Å². The van der Waals surface area contributed by atoms with E-state index in [1.54, 1.807) is 11.3 Å². The van der Waals surface area contributed by atoms with Gasteiger partial charge in [0.1, 0.15) is 0 Å². The van der Waals surface area contributed by atoms with E-state index in [-0.39, 0.29) is 0 Å². The van der Waals surface area contributed by atoms with E-state index >= 15 is 0 Å². The number of hydrogen-bond donors (Lipinski definition) is 1. The van der Waals surface area contributed by atoms with Crippen molar-refractivity contribution in [3.8, 4) is 0 Å². The average Bonchev–Trinajstić information content (AvgIpc) is 2.83. The summed E-state index contributed by atoms with van der Waals surface area (Å²) >= 11 is 1.69. The van der Waals surface area contributed by atoms with Crippen molar-refractivity contribution in [1.82, 2.24) is 10.3 Å². The molecular formula is C13H22N2OS. The topological polar surface area (TPSA) is 34.2 Å². The van der Waals surface area contributed by atoms with Gasteiger partial charge in [-0.3, -0.25) is 0 Å². The first-order valence-corrected chi connectivity index (χ1v) is 7.44. The first kappa shape index (κ1) is 13.0. The Balaban J connectivity index is 1.95. The molecule has 1 saturated heterocycles. The quantitative estimate of drug-likeness (QED) is 0.792. The molecule has 0 bridgehead atoms. The first-order valence-electron chi connectivity index (χ1n) is 6.50. The summed E-state index contributed by atoms with van der Waals surface area (Å²) in [5.41, 5.74) is 3.54. The Morgan fingerprint density at radius 2 is 2.29 bits per heavy atom. The van der Waals surface area contributed by atoms with E-state index in [1.807, 2.05) is 5.51 Å². The van der Waals surface area contributed by atoms with Crippen LogP contribution in [0, 0.1) is 5.41 Å². The van der Waals surface area contributed by atoms with Crippen molar-refractivity contribution < 1.29 is 4.74 Å². The van der Waals surface area contributed by atoms with E-state index in [9.17, 15) is 0 Å². The molecule has 0 unspecified atom stereocenters. The maximum Gasteiger partial charge on any atom is 0.0794 e. The lowest BCUT2D eigenvalue weighted by molar-refractivity contribution is 0.0146. The Morgan fingerprint density at radius 1 is 1.47 bits per heavy atom. The van der Waals surface area contributed by atoms with E-state index < -0.39 is 0 Å². The van der Waals surface area contributed by atoms with Gasteiger partial charge in [-0.2, -0.15) is 0 Å². The zero-order chi connectivity index (χ0) is 12.0. The van der Waals surface area contributed by atoms with E-state index in [4.69, 9.17) is 4.74 Å². The van der Waals surface area contributed by atoms with Gasteiger partial charge in [0.2, 0.25) is 0 Å². The number of hydrogen-bond acceptors (Lipinski definition) is 4. The van der Waals surface area contributed by atoms with Crippen LogP contribution in [-0.4, -0.2) is 31.3 Å². The number of aromatic nitrogens is 1. The van der Waals surface area contributed by atoms with Crippen molar-refractivity contribution in [2.24, 2.45) is 5.41 Å². The van der Waals surface area contributed by atoms with Gasteiger partial charge in [-0.15, -0.1) is 11.3 Å². The second-order valence-corrected chi connectivity index (χ2v) is 5.66. The summed E-state index contributed by atoms with van der Waals surface area (Å²) in [5.74, 6) is 0. The SMILES string of the molecule is CCCNCC1(Cc2cscn2)CCOCC1. The summed E-state index contributed by atoms with van der Waals surface area (Å²) in [6, 6.07) is 0. The van der Waals surface area contributed by atoms with Crippen LogP contribution in [0.4, 0.5) is 0 Å². The molecule has 0 radical (unpaired) electrons. The molecule has 1 aliphatic rings. The zero-order valence-electron chi connectivity index (χ0n) is 10.6. The van der Waals surface area contributed by atoms with Crippen LogP contribution in [0.25, 0.3) is 0 Å². The summed E-state index contributed by atoms with van der Waals surface area (Å²) in [6.45, 7) is 6.22. The van der Waals surface area contributed by atoms with Crippen LogP contribution in [0.3, 0.4) is 0 Å². The summed E-state index contributed by atoms with van der Waals surface area (Å²) in [6.07, 6.45) is 4.60. The fourth-order valence-electron chi connectivity index (χ4n) is 2.46. The van der Waals surface area contributed by atoms with Crippen molar-refractivity contribution in [2.75, 3.05) is 26.3 Å². The molecule has 96 valence electrons. The molecule has 0 spiro atoms. The highest BCUT2D eigenvalue weighted by Crippen LogP contribution is 2.33. The van der Waals surface area contributed by atoms with E-state index in [0.29, 0.717) is 5.41 Å². The second-order valence-electron chi connectivity index (χ2n) is 4.95. The highest BCUT2D eigenvalue weighted by atomic mass is 32.1. The Labute approximate surface area is 108 Å². The lowest BCUT2D eigenvalue weighted by atomic mass is 9.76. The maximum atomic E-state index is 5.50. The molecule has 1 aromatic rings. The van der Waals surface area contributed by atoms with Gasteiger partial charge >= 0.3 is 0 Å². The van der Waals surface area contributed by atoms with Gasteiger partial charge < -0.3 is 10.1 Å². The monoisotopic (exact) mass is 254 g/mol. The Morgan fingerprint density at radius 3 is 2.94 bits per heavy atom. The first-order chi connectivity index (χ1) is 8.35. The van der Waals surface area contributed by atoms with Crippen molar-refractivity contribution in [3.63, 3.8) is 0 Å². The minimum atomic E-state index is 0.363. The standard InChI is InChI=1S/C13H22N2OS/c1-2-5-14-10-13(3-6-16-7-4-13)8-12-9-17-11-15-12/h9,11,14H,2-8,10H2,1H3. The van der Waals surface area contributed by atoms with Gasteiger partial charge in [0.05, 0.1) is 11.2 Å². The number of nitrogens with one attached hydrogen (secondary N) is 1. The highest BCUT2D eigenvalue weighted by molar-refractivity contribution is 7.07. The lowest BCUT2D eigenvalue weighted by Crippen LogP contribution is -2.41. The molecule has 2 rings (SSSR count). The van der Waals surface area contributed by atoms with Gasteiger partial charge in [0.25, 0.3) is 0 Å². The Hall–Kier alpha value is -0.450. The van der Waals surface area contributed by atoms with Crippen LogP contribution >= 0.6 is 11.3 Å². The smallest absolute Gasteiger partial charge is 0.0794 e. The number of rotatable bonds is 6. The van der Waals surface area contributed by atoms with Gasteiger partial charge in [-0.1, -0.05) is 6.92 Å². The number of thiazole rings is 1. The van der Waals surface area contributed by atoms with Crippen LogP contribution < -0.4 is 5.32 Å². The normalized spacial score (nSPS) is 19.4. The van der Waals surface area contributed by atoms with Crippen molar-refractivity contribution in [3.05, 3.63) is 16.6 Å². The summed E-state index contributed by atoms with van der Waals surface area (Å²) < 4.78 is 5.50. The molecule has 1 aromatic heterocycles. The molecule has 1 fully saturated rings. The minimum Gasteiger partial charge on any atom is -0.381 e. The van der Waals surface area contributed by atoms with Crippen molar-refractivity contribution in [2.45, 2.75) is 32.6 Å². The third kappa shape index (κ3) is 3.76. The van der Waals surface area contributed by atoms with Crippen molar-refractivity contribution in [1.29, 1.82) is 0 Å². The molecule has 1 N–H and O–H groups in total. The number of nitrogens with zero attached hydrogens (tertiary/aromatic N) is 1. The third-order valence-corrected chi connectivity index (χ3v) is 4.16. The predicted octanol–water partition coefficient (Wildman–Crippen LogP) is 2.48. The predicted molar refractivity (Wildman–Crippen MR) is 71.5 cm³/mol. The Kier molecular flexibility index (Phi) is 4.95. The van der Waals surface area contributed by atoms with Gasteiger partial charge in [0, 0.05) is 25.1 Å². The number of ether oxygens (including phenoxy) is 1. The largest absolute Gasteiger partial charge is 0.381 e. The average molecular weight is 254 g/mol. The van der Waals surface area contributed by atoms with Gasteiger partial charge in [-0.05, 0) is 37.6 Å². The third-order valence-electron chi connectivity index (χ3n) is 3.52. The molecule has 2 heterocycles. The molecular weight excluding hydrogens is 232 g/mol. The maximum absolute atomic E-state index is 5.50. The van der Waals surface area contributed by atoms with E-state index in [2.05, 4.69) is 22.6 Å². The second kappa shape index (κ2) is 6.47. The molecule has 0 aliphatic carbocycles. The molecule has 0 aromatic carbocycles. The molecule has 1 aliphatic heterocycles. The zero-order valence-corrected chi connectivity index (χ0v) is 11.4. The Bertz CT molecular complexity index is 307. The minimum absolute atomic E-state index is 0.363. The molecule has 3 nitrogen and oxygen atoms in total. The van der Waals surface area contributed by atoms with Crippen LogP contribution in [0.2, 0.25) is 0 Å². The van der Waals surface area contributed by atoms with Gasteiger partial charge in [-0.25, -0.2) is 4.98 Å². The lowest BCUT2D eigenvalue weighted by Gasteiger charge is -2.37. The summed E-state index contributed by atoms with van der Waals surface area (Å²) in [5, 5.41) is 5.76. The fourth-order valence-corrected chi connectivity index (χ4v) is 3.02. The summed E-state index contributed by atoms with van der Waals surface area (Å²) in [4.78, 5) is 4.43. The van der Waals surface area contributed by atoms with Crippen LogP contribution in [0.1, 0.15) is 31.9 Å².